The number of anilines is 5. The van der Waals surface area contributed by atoms with Crippen LogP contribution in [-0.4, -0.2) is 0 Å². The number of benzene rings is 8. The van der Waals surface area contributed by atoms with Gasteiger partial charge in [0.25, 0.3) is 0 Å². The van der Waals surface area contributed by atoms with E-state index in [1.54, 1.807) is 0 Å². The molecule has 4 heteroatoms. The highest BCUT2D eigenvalue weighted by atomic mass is 16.3. The Kier molecular flexibility index (Phi) is 9.92. The molecule has 0 unspecified atom stereocenters. The smallest absolute Gasteiger partial charge is 0.134 e. The van der Waals surface area contributed by atoms with Crippen LogP contribution < -0.4 is 10.2 Å². The molecule has 0 atom stereocenters. The lowest BCUT2D eigenvalue weighted by molar-refractivity contribution is 0.597. The summed E-state index contributed by atoms with van der Waals surface area (Å²) in [6.07, 6.45) is 0. The summed E-state index contributed by atoms with van der Waals surface area (Å²) < 4.78 is 12.4. The molecule has 0 aliphatic rings. The first-order valence-electron chi connectivity index (χ1n) is 20.2. The van der Waals surface area contributed by atoms with E-state index in [0.717, 1.165) is 96.0 Å². The van der Waals surface area contributed by atoms with Gasteiger partial charge in [0, 0.05) is 56.3 Å². The van der Waals surface area contributed by atoms with Crippen molar-refractivity contribution in [1.29, 1.82) is 0 Å². The van der Waals surface area contributed by atoms with E-state index < -0.39 is 0 Å². The molecule has 0 spiro atoms. The summed E-state index contributed by atoms with van der Waals surface area (Å²) in [4.78, 5) is 2.28. The standard InChI is InChI=1S/C56H40N2O2/c1-4-12-43(13-5-1)53-36-38-55(59-53)45-24-30-47(31-25-45)57-52-19-11-10-18-51(52)42-22-20-40(21-23-42)41-26-32-49(33-27-41)58(48-16-8-3-9-17-48)50-34-28-46(29-35-50)56-39-37-54(60-56)44-14-6-2-7-15-44/h1-39,57H. The molecule has 60 heavy (non-hydrogen) atoms. The molecule has 0 fully saturated rings. The third-order valence-electron chi connectivity index (χ3n) is 10.8. The monoisotopic (exact) mass is 772 g/mol. The van der Waals surface area contributed by atoms with Gasteiger partial charge in [-0.25, -0.2) is 0 Å². The molecular weight excluding hydrogens is 733 g/mol. The van der Waals surface area contributed by atoms with Crippen LogP contribution in [0.5, 0.6) is 0 Å². The molecule has 286 valence electrons. The van der Waals surface area contributed by atoms with E-state index in [-0.39, 0.29) is 0 Å². The van der Waals surface area contributed by atoms with Crippen molar-refractivity contribution in [2.75, 3.05) is 10.2 Å². The van der Waals surface area contributed by atoms with Crippen LogP contribution in [0.2, 0.25) is 0 Å². The maximum atomic E-state index is 6.25. The lowest BCUT2D eigenvalue weighted by Gasteiger charge is -2.25. The Hall–Kier alpha value is -8.08. The molecule has 0 saturated carbocycles. The lowest BCUT2D eigenvalue weighted by atomic mass is 9.99. The van der Waals surface area contributed by atoms with Crippen LogP contribution >= 0.6 is 0 Å². The van der Waals surface area contributed by atoms with Crippen LogP contribution in [0.4, 0.5) is 28.4 Å². The van der Waals surface area contributed by atoms with Gasteiger partial charge in [-0.1, -0.05) is 133 Å². The van der Waals surface area contributed by atoms with Crippen LogP contribution in [0.15, 0.2) is 245 Å². The van der Waals surface area contributed by atoms with Gasteiger partial charge in [0.05, 0.1) is 0 Å². The van der Waals surface area contributed by atoms with Crippen molar-refractivity contribution < 1.29 is 8.83 Å². The van der Waals surface area contributed by atoms with Crippen LogP contribution in [0, 0.1) is 0 Å². The van der Waals surface area contributed by atoms with E-state index >= 15 is 0 Å². The minimum absolute atomic E-state index is 0.844. The summed E-state index contributed by atoms with van der Waals surface area (Å²) in [7, 11) is 0. The normalized spacial score (nSPS) is 11.0. The Balaban J connectivity index is 0.850. The second-order valence-electron chi connectivity index (χ2n) is 14.6. The first kappa shape index (κ1) is 36.3. The summed E-state index contributed by atoms with van der Waals surface area (Å²) in [6, 6.07) is 82.0. The average molecular weight is 773 g/mol. The van der Waals surface area contributed by atoms with Gasteiger partial charge in [-0.15, -0.1) is 0 Å². The van der Waals surface area contributed by atoms with Crippen LogP contribution in [0.3, 0.4) is 0 Å². The van der Waals surface area contributed by atoms with Crippen molar-refractivity contribution in [3.05, 3.63) is 237 Å². The van der Waals surface area contributed by atoms with Crippen LogP contribution in [-0.2, 0) is 0 Å². The summed E-state index contributed by atoms with van der Waals surface area (Å²) in [6.45, 7) is 0. The quantitative estimate of drug-likeness (QED) is 0.142. The van der Waals surface area contributed by atoms with Crippen molar-refractivity contribution in [2.45, 2.75) is 0 Å². The predicted molar refractivity (Wildman–Crippen MR) is 248 cm³/mol. The molecule has 0 aliphatic heterocycles. The Labute approximate surface area is 350 Å². The van der Waals surface area contributed by atoms with E-state index in [9.17, 15) is 0 Å². The topological polar surface area (TPSA) is 41.5 Å². The highest BCUT2D eigenvalue weighted by Crippen LogP contribution is 2.38. The summed E-state index contributed by atoms with van der Waals surface area (Å²) >= 11 is 0. The molecule has 2 heterocycles. The lowest BCUT2D eigenvalue weighted by Crippen LogP contribution is -2.09. The van der Waals surface area contributed by atoms with Gasteiger partial charge in [-0.2, -0.15) is 0 Å². The zero-order valence-electron chi connectivity index (χ0n) is 32.8. The molecule has 1 N–H and O–H groups in total. The highest BCUT2D eigenvalue weighted by molar-refractivity contribution is 5.84. The zero-order valence-corrected chi connectivity index (χ0v) is 32.8. The number of nitrogens with one attached hydrogen (secondary N) is 1. The fourth-order valence-electron chi connectivity index (χ4n) is 7.66. The van der Waals surface area contributed by atoms with Crippen molar-refractivity contribution in [3.8, 4) is 67.5 Å². The minimum atomic E-state index is 0.844. The van der Waals surface area contributed by atoms with Gasteiger partial charge in [-0.3, -0.25) is 0 Å². The maximum absolute atomic E-state index is 6.25. The van der Waals surface area contributed by atoms with Gasteiger partial charge in [0.2, 0.25) is 0 Å². The second-order valence-corrected chi connectivity index (χ2v) is 14.6. The average Bonchev–Trinajstić information content (AvgIpc) is 4.03. The van der Waals surface area contributed by atoms with Gasteiger partial charge in [-0.05, 0) is 120 Å². The summed E-state index contributed by atoms with van der Waals surface area (Å²) in [5, 5.41) is 3.65. The number of para-hydroxylation sites is 2. The van der Waals surface area contributed by atoms with Gasteiger partial charge >= 0.3 is 0 Å². The molecule has 0 amide bonds. The molecular formula is C56H40N2O2. The SMILES string of the molecule is c1ccc(-c2ccc(-c3ccc(Nc4ccccc4-c4ccc(-c5ccc(N(c6ccccc6)c6ccc(-c7ccc(-c8ccccc8)o7)cc6)cc5)cc4)cc3)o2)cc1. The van der Waals surface area contributed by atoms with Crippen LogP contribution in [0.25, 0.3) is 67.5 Å². The molecule has 2 aromatic heterocycles. The third-order valence-corrected chi connectivity index (χ3v) is 10.8. The van der Waals surface area contributed by atoms with E-state index in [1.807, 2.05) is 60.7 Å². The molecule has 8 aromatic carbocycles. The van der Waals surface area contributed by atoms with Crippen molar-refractivity contribution in [1.82, 2.24) is 0 Å². The van der Waals surface area contributed by atoms with Crippen molar-refractivity contribution in [2.24, 2.45) is 0 Å². The molecule has 4 nitrogen and oxygen atoms in total. The first-order valence-corrected chi connectivity index (χ1v) is 20.2. The van der Waals surface area contributed by atoms with E-state index in [1.165, 1.54) is 0 Å². The largest absolute Gasteiger partial charge is 0.456 e. The van der Waals surface area contributed by atoms with E-state index in [0.29, 0.717) is 0 Å². The van der Waals surface area contributed by atoms with E-state index in [2.05, 4.69) is 186 Å². The molecule has 10 aromatic rings. The number of nitrogens with zero attached hydrogens (tertiary/aromatic N) is 1. The summed E-state index contributed by atoms with van der Waals surface area (Å²) in [5.74, 6) is 3.41. The predicted octanol–water partition coefficient (Wildman–Crippen LogP) is 16.1. The number of hydrogen-bond acceptors (Lipinski definition) is 4. The Morgan fingerprint density at radius 2 is 0.617 bits per heavy atom. The fraction of sp³-hybridized carbons (Fsp3) is 0. The van der Waals surface area contributed by atoms with Crippen LogP contribution in [0.1, 0.15) is 0 Å². The highest BCUT2D eigenvalue weighted by Gasteiger charge is 2.15. The van der Waals surface area contributed by atoms with Crippen molar-refractivity contribution in [3.63, 3.8) is 0 Å². The molecule has 0 bridgehead atoms. The molecule has 0 saturated heterocycles. The zero-order chi connectivity index (χ0) is 40.1. The Morgan fingerprint density at radius 3 is 1.12 bits per heavy atom. The summed E-state index contributed by atoms with van der Waals surface area (Å²) in [5.41, 5.74) is 14.1. The molecule has 10 rings (SSSR count). The maximum Gasteiger partial charge on any atom is 0.134 e. The Bertz CT molecular complexity index is 2950. The van der Waals surface area contributed by atoms with Gasteiger partial charge < -0.3 is 19.1 Å². The molecule has 0 aliphatic carbocycles. The second kappa shape index (κ2) is 16.4. The van der Waals surface area contributed by atoms with E-state index in [4.69, 9.17) is 8.83 Å². The Morgan fingerprint density at radius 1 is 0.267 bits per heavy atom. The minimum Gasteiger partial charge on any atom is -0.456 e. The third kappa shape index (κ3) is 7.66. The molecule has 0 radical (unpaired) electrons. The van der Waals surface area contributed by atoms with Gasteiger partial charge in [0.1, 0.15) is 23.0 Å². The van der Waals surface area contributed by atoms with Gasteiger partial charge in [0.15, 0.2) is 0 Å². The number of furan rings is 2. The number of hydrogen-bond donors (Lipinski definition) is 1. The fourth-order valence-corrected chi connectivity index (χ4v) is 7.66. The first-order chi connectivity index (χ1) is 29.7. The van der Waals surface area contributed by atoms with Crippen molar-refractivity contribution >= 4 is 28.4 Å². The number of rotatable bonds is 11.